The summed E-state index contributed by atoms with van der Waals surface area (Å²) in [6, 6.07) is -0.492. The molecule has 0 bridgehead atoms. The summed E-state index contributed by atoms with van der Waals surface area (Å²) < 4.78 is 5.31. The van der Waals surface area contributed by atoms with Crippen molar-refractivity contribution in [2.75, 3.05) is 32.8 Å². The first-order valence-electron chi connectivity index (χ1n) is 12.7. The van der Waals surface area contributed by atoms with Crippen LogP contribution in [0, 0.1) is 5.92 Å². The zero-order valence-electron chi connectivity index (χ0n) is 19.9. The highest BCUT2D eigenvalue weighted by molar-refractivity contribution is 5.95. The molecule has 2 unspecified atom stereocenters. The second-order valence-electron chi connectivity index (χ2n) is 9.50. The molecule has 0 aromatic carbocycles. The predicted octanol–water partition coefficient (Wildman–Crippen LogP) is 3.04. The molecule has 7 heteroatoms. The first kappa shape index (κ1) is 24.7. The van der Waals surface area contributed by atoms with Crippen molar-refractivity contribution in [3.05, 3.63) is 12.2 Å². The Morgan fingerprint density at radius 2 is 1.84 bits per heavy atom. The number of amides is 2. The van der Waals surface area contributed by atoms with Gasteiger partial charge in [0, 0.05) is 12.5 Å². The molecular weight excluding hydrogens is 406 g/mol. The number of rotatable bonds is 11. The summed E-state index contributed by atoms with van der Waals surface area (Å²) in [5, 5.41) is 3.01. The lowest BCUT2D eigenvalue weighted by molar-refractivity contribution is -0.150. The lowest BCUT2D eigenvalue weighted by Gasteiger charge is -2.30. The summed E-state index contributed by atoms with van der Waals surface area (Å²) in [5.74, 6) is -0.589. The minimum atomic E-state index is -0.974. The summed E-state index contributed by atoms with van der Waals surface area (Å²) >= 11 is 0. The van der Waals surface area contributed by atoms with E-state index in [0.717, 1.165) is 45.2 Å². The third-order valence-corrected chi connectivity index (χ3v) is 7.03. The Labute approximate surface area is 192 Å². The fourth-order valence-corrected chi connectivity index (χ4v) is 5.02. The summed E-state index contributed by atoms with van der Waals surface area (Å²) in [5.41, 5.74) is -0.974. The maximum absolute atomic E-state index is 13.2. The number of hydrogen-bond acceptors (Lipinski definition) is 5. The van der Waals surface area contributed by atoms with Crippen molar-refractivity contribution >= 4 is 17.8 Å². The minimum absolute atomic E-state index is 0.0258. The molecule has 180 valence electrons. The fourth-order valence-electron chi connectivity index (χ4n) is 5.02. The van der Waals surface area contributed by atoms with Gasteiger partial charge in [-0.15, -0.1) is 0 Å². The van der Waals surface area contributed by atoms with E-state index < -0.39 is 11.6 Å². The topological polar surface area (TPSA) is 79.0 Å². The largest absolute Gasteiger partial charge is 0.464 e. The number of allylic oxidation sites excluding steroid dienone is 1. The second-order valence-corrected chi connectivity index (χ2v) is 9.50. The number of esters is 1. The first-order valence-corrected chi connectivity index (χ1v) is 12.7. The third-order valence-electron chi connectivity index (χ3n) is 7.03. The van der Waals surface area contributed by atoms with Gasteiger partial charge in [-0.2, -0.15) is 0 Å². The molecule has 7 nitrogen and oxygen atoms in total. The van der Waals surface area contributed by atoms with Gasteiger partial charge in [0.1, 0.15) is 11.6 Å². The highest BCUT2D eigenvalue weighted by Gasteiger charge is 2.61. The summed E-state index contributed by atoms with van der Waals surface area (Å²) in [4.78, 5) is 42.8. The van der Waals surface area contributed by atoms with Gasteiger partial charge >= 0.3 is 5.97 Å². The van der Waals surface area contributed by atoms with E-state index in [9.17, 15) is 14.4 Å². The lowest BCUT2D eigenvalue weighted by atomic mass is 10.1. The van der Waals surface area contributed by atoms with Crippen LogP contribution in [0.25, 0.3) is 0 Å². The number of nitrogens with zero attached hydrogens (tertiary/aromatic N) is 2. The van der Waals surface area contributed by atoms with E-state index in [2.05, 4.69) is 29.3 Å². The SMILES string of the molecule is CCCCC/C=C\C1CC1(NC(=O)[C@@H]1CCCN1C(=O)CN1CCCCC1)C(=O)OCC. The van der Waals surface area contributed by atoms with Crippen LogP contribution in [0.1, 0.15) is 78.1 Å². The number of carbonyl (C=O) groups excluding carboxylic acids is 3. The monoisotopic (exact) mass is 447 g/mol. The number of unbranched alkanes of at least 4 members (excludes halogenated alkanes) is 3. The van der Waals surface area contributed by atoms with Crippen molar-refractivity contribution in [2.45, 2.75) is 89.6 Å². The first-order chi connectivity index (χ1) is 15.5. The van der Waals surface area contributed by atoms with E-state index in [1.54, 1.807) is 11.8 Å². The van der Waals surface area contributed by atoms with Gasteiger partial charge in [-0.05, 0) is 65.0 Å². The molecule has 1 N–H and O–H groups in total. The summed E-state index contributed by atoms with van der Waals surface area (Å²) in [7, 11) is 0. The van der Waals surface area contributed by atoms with Crippen LogP contribution >= 0.6 is 0 Å². The number of carbonyl (C=O) groups is 3. The molecule has 0 aromatic heterocycles. The van der Waals surface area contributed by atoms with Crippen LogP contribution in [0.5, 0.6) is 0 Å². The number of likely N-dealkylation sites (tertiary alicyclic amines) is 2. The zero-order valence-corrected chi connectivity index (χ0v) is 19.9. The van der Waals surface area contributed by atoms with Gasteiger partial charge in [0.15, 0.2) is 0 Å². The van der Waals surface area contributed by atoms with Gasteiger partial charge in [-0.25, -0.2) is 4.79 Å². The average Bonchev–Trinajstić information content (AvgIpc) is 3.25. The highest BCUT2D eigenvalue weighted by atomic mass is 16.5. The van der Waals surface area contributed by atoms with Gasteiger partial charge in [0.05, 0.1) is 13.2 Å². The van der Waals surface area contributed by atoms with Gasteiger partial charge in [-0.1, -0.05) is 38.3 Å². The van der Waals surface area contributed by atoms with E-state index in [1.165, 1.54) is 19.3 Å². The molecule has 2 amide bonds. The van der Waals surface area contributed by atoms with Crippen LogP contribution in [0.3, 0.4) is 0 Å². The number of nitrogens with one attached hydrogen (secondary N) is 1. The molecule has 2 aliphatic heterocycles. The van der Waals surface area contributed by atoms with Crippen LogP contribution in [-0.4, -0.2) is 72.0 Å². The van der Waals surface area contributed by atoms with Crippen LogP contribution in [0.15, 0.2) is 12.2 Å². The van der Waals surface area contributed by atoms with Gasteiger partial charge in [0.25, 0.3) is 0 Å². The van der Waals surface area contributed by atoms with Crippen molar-refractivity contribution in [2.24, 2.45) is 5.92 Å². The van der Waals surface area contributed by atoms with Crippen LogP contribution in [0.4, 0.5) is 0 Å². The molecule has 3 rings (SSSR count). The van der Waals surface area contributed by atoms with Crippen molar-refractivity contribution in [1.29, 1.82) is 0 Å². The van der Waals surface area contributed by atoms with Gasteiger partial charge in [-0.3, -0.25) is 14.5 Å². The quantitative estimate of drug-likeness (QED) is 0.299. The predicted molar refractivity (Wildman–Crippen MR) is 124 cm³/mol. The van der Waals surface area contributed by atoms with E-state index in [1.807, 2.05) is 0 Å². The Morgan fingerprint density at radius 1 is 1.06 bits per heavy atom. The molecule has 3 aliphatic rings. The molecule has 0 radical (unpaired) electrons. The Hall–Kier alpha value is -1.89. The molecule has 2 saturated heterocycles. The summed E-state index contributed by atoms with van der Waals surface area (Å²) in [6.45, 7) is 7.14. The van der Waals surface area contributed by atoms with E-state index in [4.69, 9.17) is 4.74 Å². The van der Waals surface area contributed by atoms with Gasteiger partial charge in [0.2, 0.25) is 11.8 Å². The maximum atomic E-state index is 13.2. The van der Waals surface area contributed by atoms with Gasteiger partial charge < -0.3 is 15.0 Å². The number of piperidine rings is 1. The van der Waals surface area contributed by atoms with Crippen molar-refractivity contribution in [3.63, 3.8) is 0 Å². The van der Waals surface area contributed by atoms with E-state index >= 15 is 0 Å². The van der Waals surface area contributed by atoms with Crippen LogP contribution in [-0.2, 0) is 19.1 Å². The minimum Gasteiger partial charge on any atom is -0.464 e. The lowest BCUT2D eigenvalue weighted by Crippen LogP contribution is -2.54. The molecule has 0 aromatic rings. The Bertz CT molecular complexity index is 689. The Balaban J connectivity index is 1.59. The highest BCUT2D eigenvalue weighted by Crippen LogP contribution is 2.46. The molecule has 3 fully saturated rings. The summed E-state index contributed by atoms with van der Waals surface area (Å²) in [6.07, 6.45) is 14.2. The standard InChI is InChI=1S/C25H41N3O4/c1-3-5-6-7-9-13-20-18-25(20,24(31)32-4-2)26-23(30)21-14-12-17-28(21)22(29)19-27-15-10-8-11-16-27/h9,13,20-21H,3-8,10-12,14-19H2,1-2H3,(H,26,30)/b13-9-/t20?,21-,25?/m0/s1. The zero-order chi connectivity index (χ0) is 23.0. The second kappa shape index (κ2) is 11.8. The smallest absolute Gasteiger partial charge is 0.332 e. The molecule has 2 heterocycles. The van der Waals surface area contributed by atoms with Crippen LogP contribution in [0.2, 0.25) is 0 Å². The molecule has 1 aliphatic carbocycles. The van der Waals surface area contributed by atoms with E-state index in [0.29, 0.717) is 25.9 Å². The molecule has 3 atom stereocenters. The molecular formula is C25H41N3O4. The van der Waals surface area contributed by atoms with Crippen molar-refractivity contribution in [3.8, 4) is 0 Å². The average molecular weight is 448 g/mol. The molecule has 0 spiro atoms. The fraction of sp³-hybridized carbons (Fsp3) is 0.800. The van der Waals surface area contributed by atoms with Crippen molar-refractivity contribution < 1.29 is 19.1 Å². The van der Waals surface area contributed by atoms with Crippen LogP contribution < -0.4 is 5.32 Å². The Kier molecular flexibility index (Phi) is 9.14. The third kappa shape index (κ3) is 6.12. The van der Waals surface area contributed by atoms with E-state index in [-0.39, 0.29) is 30.3 Å². The maximum Gasteiger partial charge on any atom is 0.332 e. The molecule has 1 saturated carbocycles. The van der Waals surface area contributed by atoms with Crippen molar-refractivity contribution in [1.82, 2.24) is 15.1 Å². The number of hydrogen-bond donors (Lipinski definition) is 1. The Morgan fingerprint density at radius 3 is 2.56 bits per heavy atom. The normalized spacial score (nSPS) is 28.1. The molecule has 32 heavy (non-hydrogen) atoms. The number of ether oxygens (including phenoxy) is 1.